The van der Waals surface area contributed by atoms with Gasteiger partial charge in [0.1, 0.15) is 5.52 Å². The first-order chi connectivity index (χ1) is 9.81. The standard InChI is InChI=1S/C14H13N5O/c15-16-14(20)13(10-6-2-1-3-7-10)19-12-9-5-4-8-11(12)17-18-19/h1-9,13H,15H2,(H,16,20). The van der Waals surface area contributed by atoms with Gasteiger partial charge >= 0.3 is 0 Å². The number of carbonyl (C=O) groups excluding carboxylic acids is 1. The van der Waals surface area contributed by atoms with E-state index in [9.17, 15) is 4.79 Å². The molecule has 0 aliphatic heterocycles. The SMILES string of the molecule is NNC(=O)C(c1ccccc1)n1nnc2ccccc21. The number of benzene rings is 2. The average molecular weight is 267 g/mol. The van der Waals surface area contributed by atoms with Crippen molar-refractivity contribution in [3.63, 3.8) is 0 Å². The number of carbonyl (C=O) groups is 1. The van der Waals surface area contributed by atoms with Gasteiger partial charge in [0.25, 0.3) is 5.91 Å². The van der Waals surface area contributed by atoms with Crippen molar-refractivity contribution < 1.29 is 4.79 Å². The molecule has 0 aliphatic rings. The van der Waals surface area contributed by atoms with Gasteiger partial charge < -0.3 is 0 Å². The number of nitrogens with zero attached hydrogens (tertiary/aromatic N) is 3. The van der Waals surface area contributed by atoms with Crippen LogP contribution in [0.25, 0.3) is 11.0 Å². The minimum atomic E-state index is -0.645. The van der Waals surface area contributed by atoms with E-state index in [2.05, 4.69) is 15.7 Å². The van der Waals surface area contributed by atoms with Gasteiger partial charge in [0.05, 0.1) is 5.52 Å². The lowest BCUT2D eigenvalue weighted by atomic mass is 10.1. The Labute approximate surface area is 115 Å². The van der Waals surface area contributed by atoms with Crippen LogP contribution in [0.2, 0.25) is 0 Å². The number of hydrogen-bond donors (Lipinski definition) is 2. The third kappa shape index (κ3) is 2.02. The number of rotatable bonds is 3. The van der Waals surface area contributed by atoms with Crippen LogP contribution in [0.15, 0.2) is 54.6 Å². The predicted molar refractivity (Wildman–Crippen MR) is 74.4 cm³/mol. The second-order valence-corrected chi connectivity index (χ2v) is 4.34. The molecule has 3 N–H and O–H groups in total. The quantitative estimate of drug-likeness (QED) is 0.421. The molecule has 3 rings (SSSR count). The fourth-order valence-electron chi connectivity index (χ4n) is 2.20. The molecule has 20 heavy (non-hydrogen) atoms. The second-order valence-electron chi connectivity index (χ2n) is 4.34. The van der Waals surface area contributed by atoms with Gasteiger partial charge in [-0.3, -0.25) is 10.2 Å². The Morgan fingerprint density at radius 1 is 1.10 bits per heavy atom. The number of para-hydroxylation sites is 1. The van der Waals surface area contributed by atoms with Crippen LogP contribution in [-0.4, -0.2) is 20.9 Å². The molecule has 1 aromatic heterocycles. The number of amides is 1. The van der Waals surface area contributed by atoms with E-state index in [1.54, 1.807) is 4.68 Å². The molecule has 6 nitrogen and oxygen atoms in total. The molecule has 1 amide bonds. The monoisotopic (exact) mass is 267 g/mol. The summed E-state index contributed by atoms with van der Waals surface area (Å²) in [5.74, 6) is 4.96. The van der Waals surface area contributed by atoms with Crippen LogP contribution in [-0.2, 0) is 4.79 Å². The van der Waals surface area contributed by atoms with E-state index in [4.69, 9.17) is 5.84 Å². The highest BCUT2D eigenvalue weighted by Gasteiger charge is 2.24. The maximum atomic E-state index is 12.1. The highest BCUT2D eigenvalue weighted by atomic mass is 16.2. The van der Waals surface area contributed by atoms with Crippen LogP contribution >= 0.6 is 0 Å². The highest BCUT2D eigenvalue weighted by molar-refractivity contribution is 5.85. The molecule has 1 heterocycles. The normalized spacial score (nSPS) is 12.2. The number of hydrazine groups is 1. The van der Waals surface area contributed by atoms with Crippen molar-refractivity contribution in [2.24, 2.45) is 5.84 Å². The van der Waals surface area contributed by atoms with E-state index < -0.39 is 6.04 Å². The van der Waals surface area contributed by atoms with Gasteiger partial charge in [-0.2, -0.15) is 0 Å². The molecule has 0 radical (unpaired) electrons. The van der Waals surface area contributed by atoms with E-state index >= 15 is 0 Å². The molecule has 6 heteroatoms. The van der Waals surface area contributed by atoms with Crippen molar-refractivity contribution in [1.29, 1.82) is 0 Å². The second kappa shape index (κ2) is 5.10. The Kier molecular flexibility index (Phi) is 3.14. The first-order valence-corrected chi connectivity index (χ1v) is 6.16. The fourth-order valence-corrected chi connectivity index (χ4v) is 2.20. The zero-order valence-corrected chi connectivity index (χ0v) is 10.6. The van der Waals surface area contributed by atoms with E-state index in [1.807, 2.05) is 54.6 Å². The first kappa shape index (κ1) is 12.3. The summed E-state index contributed by atoms with van der Waals surface area (Å²) < 4.78 is 1.58. The minimum Gasteiger partial charge on any atom is -0.292 e. The van der Waals surface area contributed by atoms with Gasteiger partial charge in [0, 0.05) is 0 Å². The van der Waals surface area contributed by atoms with Gasteiger partial charge in [-0.1, -0.05) is 47.7 Å². The van der Waals surface area contributed by atoms with E-state index in [0.29, 0.717) is 0 Å². The maximum Gasteiger partial charge on any atom is 0.263 e. The molecule has 3 aromatic rings. The number of nitrogens with two attached hydrogens (primary N) is 1. The number of aromatic nitrogens is 3. The smallest absolute Gasteiger partial charge is 0.263 e. The summed E-state index contributed by atoms with van der Waals surface area (Å²) in [7, 11) is 0. The average Bonchev–Trinajstić information content (AvgIpc) is 2.92. The van der Waals surface area contributed by atoms with Crippen molar-refractivity contribution in [2.75, 3.05) is 0 Å². The number of fused-ring (bicyclic) bond motifs is 1. The van der Waals surface area contributed by atoms with Crippen LogP contribution < -0.4 is 11.3 Å². The summed E-state index contributed by atoms with van der Waals surface area (Å²) in [4.78, 5) is 12.1. The van der Waals surface area contributed by atoms with Crippen LogP contribution in [0, 0.1) is 0 Å². The number of nitrogens with one attached hydrogen (secondary N) is 1. The summed E-state index contributed by atoms with van der Waals surface area (Å²) in [6.07, 6.45) is 0. The highest BCUT2D eigenvalue weighted by Crippen LogP contribution is 2.22. The predicted octanol–water partition coefficient (Wildman–Crippen LogP) is 1.01. The van der Waals surface area contributed by atoms with Crippen LogP contribution in [0.4, 0.5) is 0 Å². The first-order valence-electron chi connectivity index (χ1n) is 6.16. The third-order valence-electron chi connectivity index (χ3n) is 3.13. The van der Waals surface area contributed by atoms with Crippen molar-refractivity contribution in [1.82, 2.24) is 20.4 Å². The Morgan fingerprint density at radius 2 is 1.80 bits per heavy atom. The largest absolute Gasteiger partial charge is 0.292 e. The molecule has 100 valence electrons. The molecular formula is C14H13N5O. The molecule has 0 bridgehead atoms. The molecule has 0 fully saturated rings. The van der Waals surface area contributed by atoms with Gasteiger partial charge in [-0.05, 0) is 17.7 Å². The molecule has 0 saturated heterocycles. The Hall–Kier alpha value is -2.73. The van der Waals surface area contributed by atoms with Gasteiger partial charge in [0.15, 0.2) is 6.04 Å². The molecule has 0 saturated carbocycles. The molecule has 0 aliphatic carbocycles. The van der Waals surface area contributed by atoms with Crippen LogP contribution in [0.1, 0.15) is 11.6 Å². The van der Waals surface area contributed by atoms with Gasteiger partial charge in [-0.15, -0.1) is 5.10 Å². The van der Waals surface area contributed by atoms with Gasteiger partial charge in [-0.25, -0.2) is 10.5 Å². The van der Waals surface area contributed by atoms with Crippen LogP contribution in [0.3, 0.4) is 0 Å². The minimum absolute atomic E-state index is 0.341. The lowest BCUT2D eigenvalue weighted by Gasteiger charge is -2.16. The van der Waals surface area contributed by atoms with E-state index in [1.165, 1.54) is 0 Å². The zero-order valence-electron chi connectivity index (χ0n) is 10.6. The van der Waals surface area contributed by atoms with Gasteiger partial charge in [0.2, 0.25) is 0 Å². The maximum absolute atomic E-state index is 12.1. The Morgan fingerprint density at radius 3 is 2.55 bits per heavy atom. The van der Waals surface area contributed by atoms with Crippen molar-refractivity contribution in [3.05, 3.63) is 60.2 Å². The zero-order chi connectivity index (χ0) is 13.9. The molecular weight excluding hydrogens is 254 g/mol. The van der Waals surface area contributed by atoms with E-state index in [-0.39, 0.29) is 5.91 Å². The lowest BCUT2D eigenvalue weighted by molar-refractivity contribution is -0.123. The van der Waals surface area contributed by atoms with Crippen LogP contribution in [0.5, 0.6) is 0 Å². The number of hydrogen-bond acceptors (Lipinski definition) is 4. The lowest BCUT2D eigenvalue weighted by Crippen LogP contribution is -2.38. The third-order valence-corrected chi connectivity index (χ3v) is 3.13. The summed E-state index contributed by atoms with van der Waals surface area (Å²) in [6.45, 7) is 0. The summed E-state index contributed by atoms with van der Waals surface area (Å²) in [6, 6.07) is 16.2. The summed E-state index contributed by atoms with van der Waals surface area (Å²) >= 11 is 0. The summed E-state index contributed by atoms with van der Waals surface area (Å²) in [5.41, 5.74) is 4.50. The van der Waals surface area contributed by atoms with Crippen molar-refractivity contribution >= 4 is 16.9 Å². The molecule has 1 unspecified atom stereocenters. The molecule has 2 aromatic carbocycles. The molecule has 0 spiro atoms. The van der Waals surface area contributed by atoms with Crippen molar-refractivity contribution in [3.8, 4) is 0 Å². The Balaban J connectivity index is 2.17. The Bertz CT molecular complexity index is 737. The summed E-state index contributed by atoms with van der Waals surface area (Å²) in [5, 5.41) is 8.17. The fraction of sp³-hybridized carbons (Fsp3) is 0.0714. The molecule has 1 atom stereocenters. The topological polar surface area (TPSA) is 85.8 Å². The van der Waals surface area contributed by atoms with Crippen molar-refractivity contribution in [2.45, 2.75) is 6.04 Å². The van der Waals surface area contributed by atoms with E-state index in [0.717, 1.165) is 16.6 Å².